The van der Waals surface area contributed by atoms with Gasteiger partial charge in [-0.2, -0.15) is 0 Å². The fourth-order valence-corrected chi connectivity index (χ4v) is 2.30. The summed E-state index contributed by atoms with van der Waals surface area (Å²) in [6.07, 6.45) is 0.747. The van der Waals surface area contributed by atoms with Crippen LogP contribution in [0.15, 0.2) is 24.3 Å². The van der Waals surface area contributed by atoms with E-state index >= 15 is 0 Å². The number of hydrogen-bond donors (Lipinski definition) is 1. The molecule has 0 saturated carbocycles. The Morgan fingerprint density at radius 2 is 2.00 bits per heavy atom. The third-order valence-electron chi connectivity index (χ3n) is 3.35. The van der Waals surface area contributed by atoms with Gasteiger partial charge in [0.2, 0.25) is 5.91 Å². The molecule has 1 saturated heterocycles. The zero-order valence-corrected chi connectivity index (χ0v) is 11.8. The van der Waals surface area contributed by atoms with Gasteiger partial charge in [-0.25, -0.2) is 0 Å². The number of carbonyl (C=O) groups excluding carboxylic acids is 1. The molecular weight excluding hydrogens is 240 g/mol. The molecule has 0 aromatic heterocycles. The predicted octanol–water partition coefficient (Wildman–Crippen LogP) is 1.97. The smallest absolute Gasteiger partial charge is 0.224 e. The second-order valence-electron chi connectivity index (χ2n) is 5.21. The highest BCUT2D eigenvalue weighted by Gasteiger charge is 2.23. The van der Waals surface area contributed by atoms with Gasteiger partial charge >= 0.3 is 0 Å². The van der Waals surface area contributed by atoms with E-state index in [2.05, 4.69) is 5.32 Å². The maximum absolute atomic E-state index is 11.9. The molecule has 2 rings (SSSR count). The minimum absolute atomic E-state index is 0.100. The number of carbonyl (C=O) groups is 1. The molecule has 1 atom stereocenters. The molecule has 0 radical (unpaired) electrons. The van der Waals surface area contributed by atoms with Gasteiger partial charge in [0, 0.05) is 26.6 Å². The highest BCUT2D eigenvalue weighted by Crippen LogP contribution is 2.23. The van der Waals surface area contributed by atoms with E-state index < -0.39 is 0 Å². The average molecular weight is 262 g/mol. The number of ether oxygens (including phenoxy) is 1. The summed E-state index contributed by atoms with van der Waals surface area (Å²) in [6.45, 7) is 5.58. The van der Waals surface area contributed by atoms with Crippen molar-refractivity contribution in [2.75, 3.05) is 20.1 Å². The van der Waals surface area contributed by atoms with Gasteiger partial charge in [-0.15, -0.1) is 0 Å². The number of nitrogens with zero attached hydrogens (tertiary/aromatic N) is 1. The zero-order chi connectivity index (χ0) is 13.8. The van der Waals surface area contributed by atoms with E-state index in [1.54, 1.807) is 0 Å². The summed E-state index contributed by atoms with van der Waals surface area (Å²) in [7, 11) is 1.87. The largest absolute Gasteiger partial charge is 0.491 e. The summed E-state index contributed by atoms with van der Waals surface area (Å²) in [5.41, 5.74) is 1.14. The summed E-state index contributed by atoms with van der Waals surface area (Å²) in [5, 5.41) is 3.31. The van der Waals surface area contributed by atoms with E-state index in [9.17, 15) is 4.79 Å². The number of nitrogens with one attached hydrogen (secondary N) is 1. The molecule has 0 aliphatic carbocycles. The van der Waals surface area contributed by atoms with E-state index in [4.69, 9.17) is 4.74 Å². The molecular formula is C15H22N2O2. The van der Waals surface area contributed by atoms with Gasteiger partial charge in [-0.1, -0.05) is 12.1 Å². The summed E-state index contributed by atoms with van der Waals surface area (Å²) in [5.74, 6) is 1.06. The van der Waals surface area contributed by atoms with Gasteiger partial charge in [0.05, 0.1) is 12.1 Å². The van der Waals surface area contributed by atoms with Crippen LogP contribution < -0.4 is 10.1 Å². The highest BCUT2D eigenvalue weighted by atomic mass is 16.5. The van der Waals surface area contributed by atoms with Crippen molar-refractivity contribution in [3.05, 3.63) is 29.8 Å². The van der Waals surface area contributed by atoms with Crippen LogP contribution in [0, 0.1) is 0 Å². The molecule has 1 aromatic rings. The minimum atomic E-state index is 0.100. The first-order valence-electron chi connectivity index (χ1n) is 6.81. The van der Waals surface area contributed by atoms with E-state index in [0.717, 1.165) is 24.4 Å². The molecule has 104 valence electrons. The van der Waals surface area contributed by atoms with Gasteiger partial charge in [0.1, 0.15) is 5.75 Å². The molecule has 1 aromatic carbocycles. The molecule has 19 heavy (non-hydrogen) atoms. The first-order chi connectivity index (χ1) is 9.08. The molecule has 1 unspecified atom stereocenters. The van der Waals surface area contributed by atoms with Crippen LogP contribution in [0.1, 0.15) is 31.9 Å². The molecule has 0 spiro atoms. The van der Waals surface area contributed by atoms with Crippen LogP contribution in [0.4, 0.5) is 0 Å². The SMILES string of the molecule is CC(C)Oc1ccc(C2CNCCC(=O)N2C)cc1. The van der Waals surface area contributed by atoms with E-state index in [1.165, 1.54) is 0 Å². The molecule has 4 nitrogen and oxygen atoms in total. The molecule has 1 fully saturated rings. The summed E-state index contributed by atoms with van der Waals surface area (Å²) < 4.78 is 5.63. The number of hydrogen-bond acceptors (Lipinski definition) is 3. The molecule has 1 amide bonds. The van der Waals surface area contributed by atoms with Crippen molar-refractivity contribution in [3.63, 3.8) is 0 Å². The van der Waals surface area contributed by atoms with E-state index in [1.807, 2.05) is 50.1 Å². The molecule has 1 aliphatic heterocycles. The minimum Gasteiger partial charge on any atom is -0.491 e. The Hall–Kier alpha value is -1.55. The van der Waals surface area contributed by atoms with Crippen molar-refractivity contribution >= 4 is 5.91 Å². The molecule has 4 heteroatoms. The van der Waals surface area contributed by atoms with Crippen molar-refractivity contribution in [2.45, 2.75) is 32.4 Å². The number of rotatable bonds is 3. The number of amides is 1. The first-order valence-corrected chi connectivity index (χ1v) is 6.81. The molecule has 1 aliphatic rings. The normalized spacial score (nSPS) is 20.5. The maximum Gasteiger partial charge on any atom is 0.224 e. The Morgan fingerprint density at radius 3 is 2.63 bits per heavy atom. The van der Waals surface area contributed by atoms with Crippen molar-refractivity contribution in [1.29, 1.82) is 0 Å². The predicted molar refractivity (Wildman–Crippen MR) is 75.2 cm³/mol. The fraction of sp³-hybridized carbons (Fsp3) is 0.533. The summed E-state index contributed by atoms with van der Waals surface area (Å²) in [4.78, 5) is 13.7. The summed E-state index contributed by atoms with van der Waals surface area (Å²) in [6, 6.07) is 8.12. The zero-order valence-electron chi connectivity index (χ0n) is 11.8. The van der Waals surface area contributed by atoms with E-state index in [-0.39, 0.29) is 18.1 Å². The van der Waals surface area contributed by atoms with Gasteiger partial charge in [-0.05, 0) is 31.5 Å². The van der Waals surface area contributed by atoms with Crippen LogP contribution in [0.5, 0.6) is 5.75 Å². The number of likely N-dealkylation sites (N-methyl/N-ethyl adjacent to an activating group) is 1. The van der Waals surface area contributed by atoms with Gasteiger partial charge in [0.25, 0.3) is 0 Å². The number of benzene rings is 1. The quantitative estimate of drug-likeness (QED) is 0.905. The lowest BCUT2D eigenvalue weighted by Crippen LogP contribution is -2.32. The Labute approximate surface area is 114 Å². The van der Waals surface area contributed by atoms with Crippen LogP contribution in [-0.2, 0) is 4.79 Å². The van der Waals surface area contributed by atoms with Crippen LogP contribution in [0.2, 0.25) is 0 Å². The second-order valence-corrected chi connectivity index (χ2v) is 5.21. The fourth-order valence-electron chi connectivity index (χ4n) is 2.30. The van der Waals surface area contributed by atoms with Crippen molar-refractivity contribution in [2.24, 2.45) is 0 Å². The average Bonchev–Trinajstić information content (AvgIpc) is 2.53. The van der Waals surface area contributed by atoms with E-state index in [0.29, 0.717) is 6.42 Å². The third-order valence-corrected chi connectivity index (χ3v) is 3.35. The third kappa shape index (κ3) is 3.47. The molecule has 1 N–H and O–H groups in total. The summed E-state index contributed by atoms with van der Waals surface area (Å²) >= 11 is 0. The Morgan fingerprint density at radius 1 is 1.32 bits per heavy atom. The van der Waals surface area contributed by atoms with Crippen LogP contribution in [0.25, 0.3) is 0 Å². The van der Waals surface area contributed by atoms with Crippen molar-refractivity contribution < 1.29 is 9.53 Å². The topological polar surface area (TPSA) is 41.6 Å². The van der Waals surface area contributed by atoms with Gasteiger partial charge < -0.3 is 15.0 Å². The Balaban J connectivity index is 2.13. The Bertz CT molecular complexity index is 428. The monoisotopic (exact) mass is 262 g/mol. The van der Waals surface area contributed by atoms with Crippen LogP contribution in [0.3, 0.4) is 0 Å². The van der Waals surface area contributed by atoms with Crippen molar-refractivity contribution in [1.82, 2.24) is 10.2 Å². The van der Waals surface area contributed by atoms with Crippen molar-refractivity contribution in [3.8, 4) is 5.75 Å². The lowest BCUT2D eigenvalue weighted by molar-refractivity contribution is -0.131. The van der Waals surface area contributed by atoms with Crippen LogP contribution >= 0.6 is 0 Å². The first kappa shape index (κ1) is 13.9. The second kappa shape index (κ2) is 6.06. The Kier molecular flexibility index (Phi) is 4.43. The maximum atomic E-state index is 11.9. The standard InChI is InChI=1S/C15H22N2O2/c1-11(2)19-13-6-4-12(5-7-13)14-10-16-9-8-15(18)17(14)3/h4-7,11,14,16H,8-10H2,1-3H3. The van der Waals surface area contributed by atoms with Gasteiger partial charge in [0.15, 0.2) is 0 Å². The lowest BCUT2D eigenvalue weighted by atomic mass is 10.1. The molecule has 1 heterocycles. The van der Waals surface area contributed by atoms with Crippen LogP contribution in [-0.4, -0.2) is 37.0 Å². The lowest BCUT2D eigenvalue weighted by Gasteiger charge is -2.26. The highest BCUT2D eigenvalue weighted by molar-refractivity contribution is 5.77. The molecule has 0 bridgehead atoms. The van der Waals surface area contributed by atoms with Gasteiger partial charge in [-0.3, -0.25) is 4.79 Å².